The van der Waals surface area contributed by atoms with Crippen molar-refractivity contribution in [1.82, 2.24) is 0 Å². The largest absolute Gasteiger partial charge is 0.472 e. The van der Waals surface area contributed by atoms with E-state index < -0.39 is 97.5 Å². The molecule has 4 unspecified atom stereocenters. The van der Waals surface area contributed by atoms with E-state index in [4.69, 9.17) is 37.0 Å². The molecule has 0 heterocycles. The highest BCUT2D eigenvalue weighted by molar-refractivity contribution is 7.47. The van der Waals surface area contributed by atoms with Crippen LogP contribution in [0.2, 0.25) is 0 Å². The number of phosphoric acid groups is 2. The summed E-state index contributed by atoms with van der Waals surface area (Å²) in [7, 11) is -9.90. The summed E-state index contributed by atoms with van der Waals surface area (Å²) in [6, 6.07) is 0. The van der Waals surface area contributed by atoms with E-state index in [0.717, 1.165) is 108 Å². The quantitative estimate of drug-likeness (QED) is 0.0222. The first-order valence-electron chi connectivity index (χ1n) is 38.6. The summed E-state index contributed by atoms with van der Waals surface area (Å²) >= 11 is 0. The molecule has 17 nitrogen and oxygen atoms in total. The van der Waals surface area contributed by atoms with Crippen LogP contribution in [0.5, 0.6) is 0 Å². The molecule has 0 rings (SSSR count). The number of hydrogen-bond donors (Lipinski definition) is 3. The van der Waals surface area contributed by atoms with Crippen LogP contribution in [0, 0.1) is 11.8 Å². The minimum Gasteiger partial charge on any atom is -0.462 e. The molecule has 0 amide bonds. The fourth-order valence-electron chi connectivity index (χ4n) is 11.2. The zero-order chi connectivity index (χ0) is 68.6. The van der Waals surface area contributed by atoms with Gasteiger partial charge in [-0.25, -0.2) is 9.13 Å². The Hall–Kier alpha value is -1.94. The predicted molar refractivity (Wildman–Crippen MR) is 377 cm³/mol. The highest BCUT2D eigenvalue weighted by Gasteiger charge is 2.30. The minimum absolute atomic E-state index is 0.103. The van der Waals surface area contributed by atoms with Gasteiger partial charge in [-0.05, 0) is 37.5 Å². The van der Waals surface area contributed by atoms with E-state index >= 15 is 0 Å². The van der Waals surface area contributed by atoms with E-state index in [1.165, 1.54) is 193 Å². The van der Waals surface area contributed by atoms with Crippen molar-refractivity contribution in [2.24, 2.45) is 11.8 Å². The van der Waals surface area contributed by atoms with E-state index in [9.17, 15) is 43.2 Å². The predicted octanol–water partition coefficient (Wildman–Crippen LogP) is 21.6. The van der Waals surface area contributed by atoms with Gasteiger partial charge in [0.1, 0.15) is 19.3 Å². The number of aliphatic hydroxyl groups excluding tert-OH is 1. The number of phosphoric ester groups is 2. The highest BCUT2D eigenvalue weighted by Crippen LogP contribution is 2.45. The number of carbonyl (C=O) groups excluding carboxylic acids is 4. The molecule has 0 aromatic heterocycles. The van der Waals surface area contributed by atoms with Gasteiger partial charge >= 0.3 is 39.5 Å². The smallest absolute Gasteiger partial charge is 0.462 e. The lowest BCUT2D eigenvalue weighted by Crippen LogP contribution is -2.30. The van der Waals surface area contributed by atoms with Crippen LogP contribution in [0.1, 0.15) is 382 Å². The molecule has 0 fully saturated rings. The summed E-state index contributed by atoms with van der Waals surface area (Å²) in [6.45, 7) is 9.52. The first kappa shape index (κ1) is 91.1. The van der Waals surface area contributed by atoms with E-state index in [2.05, 4.69) is 41.5 Å². The number of esters is 4. The SMILES string of the molecule is CCCCCCCCCCCCCCCCCCCCCCCC(=O)O[C@H](COC(=O)CCCCCCCCCCCCC(C)CC)COP(=O)(O)OC[C@@H](O)COP(=O)(O)OC[C@@H](COC(=O)CCCCCCCCCC)OC(=O)CCCCCCCCC(C)CC. The molecule has 0 aromatic rings. The number of unbranched alkanes of at least 4 members (excludes halogenated alkanes) is 41. The maximum atomic E-state index is 13.1. The van der Waals surface area contributed by atoms with Gasteiger partial charge in [0.25, 0.3) is 0 Å². The van der Waals surface area contributed by atoms with Gasteiger partial charge in [0.15, 0.2) is 12.2 Å². The fraction of sp³-hybridized carbons (Fsp3) is 0.946. The Morgan fingerprint density at radius 3 is 0.763 bits per heavy atom. The molecule has 0 aromatic carbocycles. The van der Waals surface area contributed by atoms with E-state index in [1.54, 1.807) is 0 Å². The molecule has 552 valence electrons. The van der Waals surface area contributed by atoms with Crippen molar-refractivity contribution < 1.29 is 80.2 Å². The van der Waals surface area contributed by atoms with Crippen LogP contribution in [0.25, 0.3) is 0 Å². The average molecular weight is 1370 g/mol. The average Bonchev–Trinajstić information content (AvgIpc) is 3.73. The molecule has 0 saturated carbocycles. The Labute approximate surface area is 568 Å². The van der Waals surface area contributed by atoms with Crippen LogP contribution in [0.3, 0.4) is 0 Å². The Bertz CT molecular complexity index is 1810. The molecule has 19 heteroatoms. The second-order valence-corrected chi connectivity index (χ2v) is 30.1. The van der Waals surface area contributed by atoms with Crippen molar-refractivity contribution in [3.05, 3.63) is 0 Å². The molecule has 0 aliphatic carbocycles. The summed E-state index contributed by atoms with van der Waals surface area (Å²) in [5, 5.41) is 10.6. The lowest BCUT2D eigenvalue weighted by molar-refractivity contribution is -0.161. The Balaban J connectivity index is 5.18. The maximum Gasteiger partial charge on any atom is 0.472 e. The Morgan fingerprint density at radius 1 is 0.301 bits per heavy atom. The molecular formula is C74H144O17P2. The molecule has 0 saturated heterocycles. The van der Waals surface area contributed by atoms with Gasteiger partial charge in [-0.3, -0.25) is 37.3 Å². The first-order chi connectivity index (χ1) is 44.9. The summed E-state index contributed by atoms with van der Waals surface area (Å²) in [5.41, 5.74) is 0. The van der Waals surface area contributed by atoms with Crippen LogP contribution in [-0.2, 0) is 65.4 Å². The molecule has 0 radical (unpaired) electrons. The molecular weight excluding hydrogens is 1220 g/mol. The van der Waals surface area contributed by atoms with Crippen molar-refractivity contribution in [2.45, 2.75) is 400 Å². The van der Waals surface area contributed by atoms with Crippen molar-refractivity contribution >= 4 is 39.5 Å². The second-order valence-electron chi connectivity index (χ2n) is 27.2. The molecule has 0 aliphatic rings. The normalized spacial score (nSPS) is 14.6. The molecule has 0 aliphatic heterocycles. The molecule has 93 heavy (non-hydrogen) atoms. The number of aliphatic hydroxyl groups is 1. The van der Waals surface area contributed by atoms with Crippen molar-refractivity contribution in [1.29, 1.82) is 0 Å². The number of ether oxygens (including phenoxy) is 4. The summed E-state index contributed by atoms with van der Waals surface area (Å²) < 4.78 is 68.3. The van der Waals surface area contributed by atoms with E-state index in [1.807, 2.05) is 0 Å². The van der Waals surface area contributed by atoms with Gasteiger partial charge in [-0.2, -0.15) is 0 Å². The standard InChI is InChI=1S/C74H144O17P2/c1-7-11-13-15-17-19-20-21-22-23-24-25-26-27-28-29-30-35-39-46-52-58-73(78)90-69(62-85-72(77)57-51-45-38-34-32-31-33-36-42-48-54-66(5)9-3)64-88-92(80,81)86-60-68(75)61-87-93(82,83)89-65-70(63-84-71(76)56-50-44-37-18-16-14-12-8-2)91-74(79)59-53-47-41-40-43-49-55-67(6)10-4/h66-70,75H,7-65H2,1-6H3,(H,80,81)(H,82,83)/t66?,67?,68-,69-,70-/m1/s1. The van der Waals surface area contributed by atoms with Gasteiger partial charge in [0, 0.05) is 25.7 Å². The van der Waals surface area contributed by atoms with E-state index in [0.29, 0.717) is 25.7 Å². The van der Waals surface area contributed by atoms with Crippen LogP contribution in [0.15, 0.2) is 0 Å². The first-order valence-corrected chi connectivity index (χ1v) is 41.6. The third-order valence-corrected chi connectivity index (χ3v) is 19.8. The summed E-state index contributed by atoms with van der Waals surface area (Å²) in [4.78, 5) is 72.6. The summed E-state index contributed by atoms with van der Waals surface area (Å²) in [6.07, 6.45) is 52.9. The van der Waals surface area contributed by atoms with E-state index in [-0.39, 0.29) is 25.7 Å². The lowest BCUT2D eigenvalue weighted by atomic mass is 9.99. The number of hydrogen-bond acceptors (Lipinski definition) is 15. The van der Waals surface area contributed by atoms with Gasteiger partial charge in [-0.1, -0.05) is 330 Å². The van der Waals surface area contributed by atoms with Crippen LogP contribution < -0.4 is 0 Å². The zero-order valence-corrected chi connectivity index (χ0v) is 62.3. The van der Waals surface area contributed by atoms with Gasteiger partial charge in [0.05, 0.1) is 26.4 Å². The number of rotatable bonds is 73. The van der Waals surface area contributed by atoms with Gasteiger partial charge < -0.3 is 33.8 Å². The van der Waals surface area contributed by atoms with Crippen LogP contribution in [0.4, 0.5) is 0 Å². The zero-order valence-electron chi connectivity index (χ0n) is 60.6. The third kappa shape index (κ3) is 65.8. The maximum absolute atomic E-state index is 13.1. The van der Waals surface area contributed by atoms with Crippen molar-refractivity contribution in [3.63, 3.8) is 0 Å². The van der Waals surface area contributed by atoms with Crippen molar-refractivity contribution in [3.8, 4) is 0 Å². The van der Waals surface area contributed by atoms with Gasteiger partial charge in [0.2, 0.25) is 0 Å². The fourth-order valence-corrected chi connectivity index (χ4v) is 12.8. The Kier molecular flexibility index (Phi) is 64.6. The second kappa shape index (κ2) is 66.0. The molecule has 3 N–H and O–H groups in total. The van der Waals surface area contributed by atoms with Gasteiger partial charge in [-0.15, -0.1) is 0 Å². The molecule has 0 bridgehead atoms. The number of carbonyl (C=O) groups is 4. The minimum atomic E-state index is -4.96. The lowest BCUT2D eigenvalue weighted by Gasteiger charge is -2.21. The van der Waals surface area contributed by atoms with Crippen LogP contribution >= 0.6 is 15.6 Å². The topological polar surface area (TPSA) is 237 Å². The third-order valence-electron chi connectivity index (χ3n) is 17.9. The Morgan fingerprint density at radius 2 is 0.516 bits per heavy atom. The molecule has 0 spiro atoms. The monoisotopic (exact) mass is 1370 g/mol. The van der Waals surface area contributed by atoms with Crippen molar-refractivity contribution in [2.75, 3.05) is 39.6 Å². The molecule has 7 atom stereocenters. The van der Waals surface area contributed by atoms with Crippen LogP contribution in [-0.4, -0.2) is 96.7 Å². The highest BCUT2D eigenvalue weighted by atomic mass is 31.2. The summed E-state index contributed by atoms with van der Waals surface area (Å²) in [5.74, 6) is -0.596.